The van der Waals surface area contributed by atoms with Crippen molar-refractivity contribution >= 4 is 7.82 Å². The Morgan fingerprint density at radius 2 is 0.848 bits per heavy atom. The maximum absolute atomic E-state index is 12.1. The summed E-state index contributed by atoms with van der Waals surface area (Å²) in [7, 11) is 2.66. The summed E-state index contributed by atoms with van der Waals surface area (Å²) >= 11 is 0. The van der Waals surface area contributed by atoms with Crippen molar-refractivity contribution < 1.29 is 32.8 Å². The van der Waals surface area contributed by atoms with Crippen molar-refractivity contribution in [2.45, 2.75) is 193 Å². The minimum absolute atomic E-state index is 0.107. The smallest absolute Gasteiger partial charge is 0.388 e. The molecule has 0 aromatic rings. The highest BCUT2D eigenvalue weighted by Crippen LogP contribution is 2.43. The number of unbranched alkanes of at least 4 members (excludes halogenated alkanes) is 26. The molecule has 0 fully saturated rings. The highest BCUT2D eigenvalue weighted by Gasteiger charge is 2.22. The SMILES string of the molecule is CCCCCCCCCCCCCCCCCCOCC(O)COP(=O)(O)OCCCCCCCCCCCCCC[N+](C)(C)C. The molecule has 8 heteroatoms. The summed E-state index contributed by atoms with van der Waals surface area (Å²) in [6, 6.07) is 0. The van der Waals surface area contributed by atoms with Gasteiger partial charge in [-0.25, -0.2) is 4.57 Å². The van der Waals surface area contributed by atoms with Gasteiger partial charge in [-0.05, 0) is 25.7 Å². The number of hydrogen-bond donors (Lipinski definition) is 2. The Morgan fingerprint density at radius 1 is 0.500 bits per heavy atom. The maximum Gasteiger partial charge on any atom is 0.472 e. The molecule has 0 saturated carbocycles. The molecule has 0 aliphatic carbocycles. The van der Waals surface area contributed by atoms with E-state index in [1.807, 2.05) is 0 Å². The van der Waals surface area contributed by atoms with E-state index in [0.717, 1.165) is 36.6 Å². The Labute approximate surface area is 287 Å². The van der Waals surface area contributed by atoms with E-state index in [0.29, 0.717) is 6.61 Å². The molecule has 0 aliphatic heterocycles. The van der Waals surface area contributed by atoms with Crippen molar-refractivity contribution in [3.63, 3.8) is 0 Å². The molecule has 0 amide bonds. The lowest BCUT2D eigenvalue weighted by atomic mass is 10.0. The number of nitrogens with zero attached hydrogens (tertiary/aromatic N) is 1. The van der Waals surface area contributed by atoms with Gasteiger partial charge < -0.3 is 19.2 Å². The Balaban J connectivity index is 3.39. The summed E-state index contributed by atoms with van der Waals surface area (Å²) in [5.41, 5.74) is 0. The summed E-state index contributed by atoms with van der Waals surface area (Å²) in [5.74, 6) is 0. The first-order chi connectivity index (χ1) is 22.2. The molecule has 278 valence electrons. The lowest BCUT2D eigenvalue weighted by molar-refractivity contribution is -0.870. The van der Waals surface area contributed by atoms with Crippen molar-refractivity contribution in [2.75, 3.05) is 54.1 Å². The molecular formula is C38H81NO6P+. The number of hydrogen-bond acceptors (Lipinski definition) is 5. The van der Waals surface area contributed by atoms with E-state index in [-0.39, 0.29) is 19.8 Å². The molecule has 7 nitrogen and oxygen atoms in total. The van der Waals surface area contributed by atoms with Gasteiger partial charge in [0, 0.05) is 6.61 Å². The molecule has 0 rings (SSSR count). The van der Waals surface area contributed by atoms with Crippen LogP contribution in [0.4, 0.5) is 0 Å². The van der Waals surface area contributed by atoms with Gasteiger partial charge in [-0.2, -0.15) is 0 Å². The van der Waals surface area contributed by atoms with Crippen LogP contribution in [0.25, 0.3) is 0 Å². The fraction of sp³-hybridized carbons (Fsp3) is 1.00. The standard InChI is InChI=1S/C38H80NO6P/c1-5-6-7-8-9-10-11-12-13-14-16-19-22-25-28-31-34-43-36-38(40)37-45-46(41,42)44-35-32-29-26-23-20-17-15-18-21-24-27-30-33-39(2,3)4/h38,40H,5-37H2,1-4H3/p+1. The van der Waals surface area contributed by atoms with E-state index in [4.69, 9.17) is 13.8 Å². The Hall–Kier alpha value is -0.0100. The van der Waals surface area contributed by atoms with Gasteiger partial charge in [0.1, 0.15) is 6.10 Å². The lowest BCUT2D eigenvalue weighted by Crippen LogP contribution is -2.35. The van der Waals surface area contributed by atoms with E-state index < -0.39 is 13.9 Å². The van der Waals surface area contributed by atoms with Gasteiger partial charge in [0.2, 0.25) is 0 Å². The van der Waals surface area contributed by atoms with Crippen LogP contribution in [0.2, 0.25) is 0 Å². The molecule has 0 aromatic carbocycles. The lowest BCUT2D eigenvalue weighted by Gasteiger charge is -2.23. The number of aliphatic hydroxyl groups is 1. The quantitative estimate of drug-likeness (QED) is 0.0384. The van der Waals surface area contributed by atoms with Crippen molar-refractivity contribution in [2.24, 2.45) is 0 Å². The van der Waals surface area contributed by atoms with Gasteiger partial charge in [0.05, 0.1) is 47.5 Å². The van der Waals surface area contributed by atoms with Crippen molar-refractivity contribution in [1.29, 1.82) is 0 Å². The highest BCUT2D eigenvalue weighted by molar-refractivity contribution is 7.47. The van der Waals surface area contributed by atoms with E-state index in [1.54, 1.807) is 0 Å². The molecule has 46 heavy (non-hydrogen) atoms. The minimum Gasteiger partial charge on any atom is -0.388 e. The largest absolute Gasteiger partial charge is 0.472 e. The Morgan fingerprint density at radius 3 is 1.24 bits per heavy atom. The van der Waals surface area contributed by atoms with Crippen LogP contribution in [0.5, 0.6) is 0 Å². The molecular weight excluding hydrogens is 597 g/mol. The summed E-state index contributed by atoms with van der Waals surface area (Å²) in [5, 5.41) is 10.0. The van der Waals surface area contributed by atoms with Gasteiger partial charge in [0.15, 0.2) is 0 Å². The number of phosphoric acid groups is 1. The second-order valence-corrected chi connectivity index (χ2v) is 16.3. The van der Waals surface area contributed by atoms with Crippen LogP contribution >= 0.6 is 7.82 Å². The Kier molecular flexibility index (Phi) is 33.5. The first-order valence-corrected chi connectivity index (χ1v) is 21.3. The van der Waals surface area contributed by atoms with Gasteiger partial charge in [-0.1, -0.05) is 161 Å². The first kappa shape index (κ1) is 46.0. The molecule has 0 radical (unpaired) electrons. The van der Waals surface area contributed by atoms with Crippen molar-refractivity contribution in [3.8, 4) is 0 Å². The Bertz CT molecular complexity index is 660. The topological polar surface area (TPSA) is 85.2 Å². The number of ether oxygens (including phenoxy) is 1. The highest BCUT2D eigenvalue weighted by atomic mass is 31.2. The zero-order valence-electron chi connectivity index (χ0n) is 31.3. The van der Waals surface area contributed by atoms with Crippen LogP contribution in [-0.2, 0) is 18.3 Å². The summed E-state index contributed by atoms with van der Waals surface area (Å²) in [6.07, 6.45) is 35.2. The molecule has 2 unspecified atom stereocenters. The van der Waals surface area contributed by atoms with Gasteiger partial charge >= 0.3 is 7.82 Å². The number of phosphoric ester groups is 1. The van der Waals surface area contributed by atoms with Crippen LogP contribution in [0.1, 0.15) is 187 Å². The van der Waals surface area contributed by atoms with Gasteiger partial charge in [-0.3, -0.25) is 9.05 Å². The van der Waals surface area contributed by atoms with Crippen LogP contribution in [0, 0.1) is 0 Å². The first-order valence-electron chi connectivity index (χ1n) is 19.8. The fourth-order valence-corrected chi connectivity index (χ4v) is 6.67. The van der Waals surface area contributed by atoms with Gasteiger partial charge in [-0.15, -0.1) is 0 Å². The molecule has 0 bridgehead atoms. The predicted octanol–water partition coefficient (Wildman–Crippen LogP) is 11.1. The van der Waals surface area contributed by atoms with Crippen LogP contribution < -0.4 is 0 Å². The molecule has 0 saturated heterocycles. The number of rotatable bonds is 38. The minimum atomic E-state index is -4.13. The average Bonchev–Trinajstić information content (AvgIpc) is 3.00. The summed E-state index contributed by atoms with van der Waals surface area (Å²) in [6.45, 7) is 4.19. The molecule has 2 atom stereocenters. The number of aliphatic hydroxyl groups excluding tert-OH is 1. The molecule has 2 N–H and O–H groups in total. The van der Waals surface area contributed by atoms with Crippen LogP contribution in [-0.4, -0.2) is 74.7 Å². The zero-order chi connectivity index (χ0) is 34.0. The van der Waals surface area contributed by atoms with E-state index in [1.165, 1.54) is 154 Å². The third-order valence-electron chi connectivity index (χ3n) is 8.86. The van der Waals surface area contributed by atoms with Gasteiger partial charge in [0.25, 0.3) is 0 Å². The number of quaternary nitrogens is 1. The van der Waals surface area contributed by atoms with Crippen LogP contribution in [0.3, 0.4) is 0 Å². The summed E-state index contributed by atoms with van der Waals surface area (Å²) in [4.78, 5) is 9.88. The molecule has 0 spiro atoms. The third-order valence-corrected chi connectivity index (χ3v) is 9.84. The molecule has 0 aliphatic rings. The third kappa shape index (κ3) is 38.4. The van der Waals surface area contributed by atoms with E-state index >= 15 is 0 Å². The van der Waals surface area contributed by atoms with Crippen molar-refractivity contribution in [1.82, 2.24) is 0 Å². The molecule has 0 heterocycles. The summed E-state index contributed by atoms with van der Waals surface area (Å²) < 4.78 is 28.7. The molecule has 0 aromatic heterocycles. The zero-order valence-corrected chi connectivity index (χ0v) is 32.2. The average molecular weight is 679 g/mol. The van der Waals surface area contributed by atoms with E-state index in [2.05, 4.69) is 28.1 Å². The van der Waals surface area contributed by atoms with Crippen LogP contribution in [0.15, 0.2) is 0 Å². The normalized spacial score (nSPS) is 14.1. The maximum atomic E-state index is 12.1. The van der Waals surface area contributed by atoms with E-state index in [9.17, 15) is 14.6 Å². The van der Waals surface area contributed by atoms with Crippen molar-refractivity contribution in [3.05, 3.63) is 0 Å². The second-order valence-electron chi connectivity index (χ2n) is 14.9. The predicted molar refractivity (Wildman–Crippen MR) is 196 cm³/mol. The monoisotopic (exact) mass is 679 g/mol. The second kappa shape index (κ2) is 33.5. The fourth-order valence-electron chi connectivity index (χ4n) is 5.87.